The number of amides is 2. The number of nitrogens with one attached hydrogen (secondary N) is 1. The van der Waals surface area contributed by atoms with Crippen LogP contribution in [0.5, 0.6) is 5.75 Å². The third kappa shape index (κ3) is 6.09. The van der Waals surface area contributed by atoms with Crippen molar-refractivity contribution in [1.82, 2.24) is 15.2 Å². The maximum absolute atomic E-state index is 15.3. The molecule has 2 saturated heterocycles. The number of benzene rings is 2. The van der Waals surface area contributed by atoms with E-state index in [1.165, 1.54) is 37.4 Å². The summed E-state index contributed by atoms with van der Waals surface area (Å²) in [6.45, 7) is 1.07. The van der Waals surface area contributed by atoms with E-state index in [-0.39, 0.29) is 17.0 Å². The second-order valence-electron chi connectivity index (χ2n) is 10.3. The van der Waals surface area contributed by atoms with Crippen molar-refractivity contribution in [1.29, 1.82) is 0 Å². The summed E-state index contributed by atoms with van der Waals surface area (Å²) >= 11 is 5.90. The number of anilines is 2. The average molecular weight is 624 g/mol. The molecule has 2 aliphatic heterocycles. The highest BCUT2D eigenvalue weighted by Crippen LogP contribution is 2.45. The van der Waals surface area contributed by atoms with Gasteiger partial charge in [0.05, 0.1) is 12.8 Å². The molecule has 0 aliphatic carbocycles. The number of ether oxygens (including phenoxy) is 1. The second-order valence-corrected chi connectivity index (χ2v) is 10.8. The number of halogens is 6. The van der Waals surface area contributed by atoms with Gasteiger partial charge in [0, 0.05) is 73.1 Å². The van der Waals surface area contributed by atoms with E-state index in [0.29, 0.717) is 31.2 Å². The van der Waals surface area contributed by atoms with Gasteiger partial charge >= 0.3 is 6.18 Å². The summed E-state index contributed by atoms with van der Waals surface area (Å²) in [5.74, 6) is -6.22. The first-order chi connectivity index (χ1) is 20.4. The predicted molar refractivity (Wildman–Crippen MR) is 150 cm³/mol. The number of nitrogens with zero attached hydrogens (tertiary/aromatic N) is 4. The topological polar surface area (TPSA) is 78.0 Å². The first-order valence-corrected chi connectivity index (χ1v) is 13.7. The van der Waals surface area contributed by atoms with Crippen molar-refractivity contribution < 1.29 is 36.3 Å². The van der Waals surface area contributed by atoms with Gasteiger partial charge in [0.2, 0.25) is 0 Å². The van der Waals surface area contributed by atoms with E-state index >= 15 is 8.78 Å². The van der Waals surface area contributed by atoms with Crippen molar-refractivity contribution in [2.75, 3.05) is 56.7 Å². The number of aromatic nitrogens is 1. The number of likely N-dealkylation sites (N-methyl/N-ethyl adjacent to an activating group) is 1. The lowest BCUT2D eigenvalue weighted by Crippen LogP contribution is -2.46. The molecule has 2 aromatic carbocycles. The third-order valence-electron chi connectivity index (χ3n) is 7.66. The van der Waals surface area contributed by atoms with Gasteiger partial charge in [0.15, 0.2) is 0 Å². The van der Waals surface area contributed by atoms with Crippen molar-refractivity contribution in [3.63, 3.8) is 0 Å². The number of piperazine rings is 1. The van der Waals surface area contributed by atoms with Crippen LogP contribution in [-0.4, -0.2) is 74.6 Å². The molecule has 14 heteroatoms. The maximum atomic E-state index is 15.3. The van der Waals surface area contributed by atoms with Crippen LogP contribution in [0.4, 0.5) is 33.5 Å². The highest BCUT2D eigenvalue weighted by atomic mass is 35.5. The quantitative estimate of drug-likeness (QED) is 0.401. The SMILES string of the molecule is COc1cc(F)c([C@@H]2CN(c3nccc(N4CCN(C)CC4)c3C(F)(F)F)C(=O)[C@H]2NC(=O)c2ccc(Cl)cc2)c(F)c1. The van der Waals surface area contributed by atoms with Crippen molar-refractivity contribution in [3.05, 3.63) is 82.0 Å². The van der Waals surface area contributed by atoms with Gasteiger partial charge in [-0.15, -0.1) is 0 Å². The van der Waals surface area contributed by atoms with E-state index in [9.17, 15) is 22.8 Å². The van der Waals surface area contributed by atoms with E-state index in [1.54, 1.807) is 4.90 Å². The molecule has 5 rings (SSSR count). The Morgan fingerprint density at radius 1 is 1.05 bits per heavy atom. The van der Waals surface area contributed by atoms with Gasteiger partial charge in [0.25, 0.3) is 11.8 Å². The standard InChI is InChI=1S/C29H27ClF5N5O3/c1-38-9-11-39(12-10-38)22-7-8-36-26(24(22)29(33,34)35)40-15-19(23-20(31)13-18(43-2)14-21(23)32)25(28(40)42)37-27(41)16-3-5-17(30)6-4-16/h3-8,13-14,19,25H,9-12,15H2,1-2H3,(H,37,41)/t19-,25-/m0/s1. The molecule has 2 fully saturated rings. The third-order valence-corrected chi connectivity index (χ3v) is 7.91. The molecule has 3 aromatic rings. The highest BCUT2D eigenvalue weighted by molar-refractivity contribution is 6.30. The molecule has 2 amide bonds. The smallest absolute Gasteiger partial charge is 0.421 e. The van der Waals surface area contributed by atoms with Crippen molar-refractivity contribution in [2.45, 2.75) is 18.1 Å². The van der Waals surface area contributed by atoms with Crippen LogP contribution in [0.15, 0.2) is 48.7 Å². The molecule has 8 nitrogen and oxygen atoms in total. The first kappa shape index (κ1) is 30.5. The number of hydrogen-bond donors (Lipinski definition) is 1. The van der Waals surface area contributed by atoms with Crippen LogP contribution in [0.1, 0.15) is 27.4 Å². The van der Waals surface area contributed by atoms with E-state index < -0.39 is 65.1 Å². The van der Waals surface area contributed by atoms with Crippen molar-refractivity contribution >= 4 is 34.9 Å². The number of methoxy groups -OCH3 is 1. The molecule has 0 bridgehead atoms. The normalized spacial score (nSPS) is 19.6. The summed E-state index contributed by atoms with van der Waals surface area (Å²) in [7, 11) is 3.07. The summed E-state index contributed by atoms with van der Waals surface area (Å²) in [5.41, 5.74) is -1.81. The van der Waals surface area contributed by atoms with Gasteiger partial charge in [-0.25, -0.2) is 13.8 Å². The number of rotatable bonds is 6. The largest absolute Gasteiger partial charge is 0.497 e. The van der Waals surface area contributed by atoms with Crippen molar-refractivity contribution in [3.8, 4) is 5.75 Å². The average Bonchev–Trinajstić information content (AvgIpc) is 3.27. The molecule has 2 atom stereocenters. The molecule has 228 valence electrons. The van der Waals surface area contributed by atoms with Crippen LogP contribution < -0.4 is 19.9 Å². The van der Waals surface area contributed by atoms with Crippen LogP contribution in [-0.2, 0) is 11.0 Å². The Bertz CT molecular complexity index is 1510. The Kier molecular flexibility index (Phi) is 8.48. The maximum Gasteiger partial charge on any atom is 0.421 e. The fourth-order valence-corrected chi connectivity index (χ4v) is 5.56. The zero-order valence-corrected chi connectivity index (χ0v) is 23.8. The number of hydrogen-bond acceptors (Lipinski definition) is 6. The molecule has 1 aromatic heterocycles. The van der Waals surface area contributed by atoms with E-state index in [4.69, 9.17) is 16.3 Å². The second kappa shape index (κ2) is 12.0. The monoisotopic (exact) mass is 623 g/mol. The van der Waals surface area contributed by atoms with E-state index in [1.807, 2.05) is 11.9 Å². The summed E-state index contributed by atoms with van der Waals surface area (Å²) in [6, 6.07) is 7.02. The lowest BCUT2D eigenvalue weighted by molar-refractivity contribution is -0.136. The molecular weight excluding hydrogens is 597 g/mol. The van der Waals surface area contributed by atoms with Crippen molar-refractivity contribution in [2.24, 2.45) is 0 Å². The van der Waals surface area contributed by atoms with E-state index in [0.717, 1.165) is 23.2 Å². The molecule has 0 radical (unpaired) electrons. The molecule has 0 saturated carbocycles. The Hall–Kier alpha value is -3.97. The zero-order valence-electron chi connectivity index (χ0n) is 23.1. The summed E-state index contributed by atoms with van der Waals surface area (Å²) in [4.78, 5) is 35.2. The molecular formula is C29H27ClF5N5O3. The Morgan fingerprint density at radius 2 is 1.67 bits per heavy atom. The number of pyridine rings is 1. The summed E-state index contributed by atoms with van der Waals surface area (Å²) in [6.07, 6.45) is -3.77. The predicted octanol–water partition coefficient (Wildman–Crippen LogP) is 4.72. The van der Waals surface area contributed by atoms with Gasteiger partial charge in [-0.2, -0.15) is 13.2 Å². The van der Waals surface area contributed by atoms with E-state index in [2.05, 4.69) is 10.3 Å². The first-order valence-electron chi connectivity index (χ1n) is 13.3. The summed E-state index contributed by atoms with van der Waals surface area (Å²) < 4.78 is 79.6. The number of carbonyl (C=O) groups excluding carboxylic acids is 2. The highest BCUT2D eigenvalue weighted by Gasteiger charge is 2.49. The molecule has 3 heterocycles. The fourth-order valence-electron chi connectivity index (χ4n) is 5.43. The molecule has 1 N–H and O–H groups in total. The molecule has 43 heavy (non-hydrogen) atoms. The van der Waals surface area contributed by atoms with Crippen LogP contribution in [0.2, 0.25) is 5.02 Å². The summed E-state index contributed by atoms with van der Waals surface area (Å²) in [5, 5.41) is 2.81. The molecule has 2 aliphatic rings. The number of carbonyl (C=O) groups is 2. The van der Waals surface area contributed by atoms with Crippen LogP contribution >= 0.6 is 11.6 Å². The van der Waals surface area contributed by atoms with Gasteiger partial charge < -0.3 is 19.9 Å². The zero-order chi connectivity index (χ0) is 31.1. The minimum absolute atomic E-state index is 0.0799. The van der Waals surface area contributed by atoms with Gasteiger partial charge in [-0.1, -0.05) is 11.6 Å². The van der Waals surface area contributed by atoms with Crippen LogP contribution in [0.3, 0.4) is 0 Å². The van der Waals surface area contributed by atoms with Gasteiger partial charge in [0.1, 0.15) is 34.8 Å². The lowest BCUT2D eigenvalue weighted by Gasteiger charge is -2.36. The van der Waals surface area contributed by atoms with Gasteiger partial charge in [-0.05, 0) is 37.4 Å². The van der Waals surface area contributed by atoms with Crippen LogP contribution in [0, 0.1) is 11.6 Å². The Morgan fingerprint density at radius 3 is 2.26 bits per heavy atom. The molecule has 0 spiro atoms. The molecule has 0 unspecified atom stereocenters. The fraction of sp³-hybridized carbons (Fsp3) is 0.345. The van der Waals surface area contributed by atoms with Gasteiger partial charge in [-0.3, -0.25) is 14.5 Å². The lowest BCUT2D eigenvalue weighted by atomic mass is 9.92. The number of alkyl halides is 3. The Balaban J connectivity index is 1.59. The minimum atomic E-state index is -4.93. The Labute approximate surface area is 249 Å². The van der Waals surface area contributed by atoms with Crippen LogP contribution in [0.25, 0.3) is 0 Å². The minimum Gasteiger partial charge on any atom is -0.497 e.